The molecular weight excluding hydrogens is 362 g/mol. The molecule has 0 bridgehead atoms. The number of hydrogen-bond donors (Lipinski definition) is 1. The molecule has 2 fully saturated rings. The maximum atomic E-state index is 12.8. The van der Waals surface area contributed by atoms with Gasteiger partial charge in [0.2, 0.25) is 0 Å². The number of amides is 1. The predicted octanol–water partition coefficient (Wildman–Crippen LogP) is 4.00. The molecule has 6 nitrogen and oxygen atoms in total. The molecule has 2 aliphatic rings. The number of aromatic nitrogens is 3. The zero-order valence-corrected chi connectivity index (χ0v) is 15.8. The van der Waals surface area contributed by atoms with Gasteiger partial charge in [0.25, 0.3) is 5.91 Å². The highest BCUT2D eigenvalue weighted by molar-refractivity contribution is 6.30. The lowest BCUT2D eigenvalue weighted by atomic mass is 9.82. The highest BCUT2D eigenvalue weighted by Gasteiger charge is 2.47. The second-order valence-electron chi connectivity index (χ2n) is 7.59. The van der Waals surface area contributed by atoms with Crippen molar-refractivity contribution in [2.75, 3.05) is 0 Å². The van der Waals surface area contributed by atoms with Crippen molar-refractivity contribution in [1.29, 1.82) is 5.26 Å². The molecule has 140 valence electrons. The van der Waals surface area contributed by atoms with Crippen molar-refractivity contribution in [2.45, 2.75) is 56.5 Å². The number of carbonyl (C=O) groups excluding carboxylic acids is 1. The molecule has 0 saturated heterocycles. The summed E-state index contributed by atoms with van der Waals surface area (Å²) in [4.78, 5) is 12.8. The molecule has 7 heteroatoms. The zero-order valence-electron chi connectivity index (χ0n) is 15.1. The Bertz CT molecular complexity index is 859. The molecule has 2 aliphatic carbocycles. The molecular formula is C20H22ClN5O. The molecule has 1 unspecified atom stereocenters. The number of rotatable bonds is 5. The standard InChI is InChI=1S/C20H22ClN5O/c21-16-8-6-15(7-9-16)19(27)23-18(14-4-2-1-3-5-14)17-12-26(25-24-17)20(13-22)10-11-20/h6-9,12,14,18H,1-5,10-11H2,(H,23,27). The summed E-state index contributed by atoms with van der Waals surface area (Å²) in [6, 6.07) is 9.01. The Hall–Kier alpha value is -2.39. The Morgan fingerprint density at radius 2 is 1.96 bits per heavy atom. The van der Waals surface area contributed by atoms with Gasteiger partial charge in [-0.1, -0.05) is 36.1 Å². The van der Waals surface area contributed by atoms with Crippen LogP contribution in [0.4, 0.5) is 0 Å². The minimum atomic E-state index is -0.539. The van der Waals surface area contributed by atoms with Gasteiger partial charge in [0.05, 0.1) is 18.3 Å². The summed E-state index contributed by atoms with van der Waals surface area (Å²) in [6.07, 6.45) is 9.12. The van der Waals surface area contributed by atoms with E-state index in [1.807, 2.05) is 6.20 Å². The van der Waals surface area contributed by atoms with Crippen LogP contribution in [0.2, 0.25) is 5.02 Å². The Morgan fingerprint density at radius 3 is 2.59 bits per heavy atom. The van der Waals surface area contributed by atoms with Gasteiger partial charge in [0, 0.05) is 10.6 Å². The molecule has 1 atom stereocenters. The minimum Gasteiger partial charge on any atom is -0.343 e. The quantitative estimate of drug-likeness (QED) is 0.845. The maximum Gasteiger partial charge on any atom is 0.251 e. The van der Waals surface area contributed by atoms with E-state index in [9.17, 15) is 10.1 Å². The molecule has 0 aliphatic heterocycles. The molecule has 27 heavy (non-hydrogen) atoms. The van der Waals surface area contributed by atoms with Gasteiger partial charge >= 0.3 is 0 Å². The van der Waals surface area contributed by atoms with Crippen molar-refractivity contribution in [1.82, 2.24) is 20.3 Å². The molecule has 1 amide bonds. The van der Waals surface area contributed by atoms with Crippen LogP contribution in [0.25, 0.3) is 0 Å². The van der Waals surface area contributed by atoms with Crippen molar-refractivity contribution >= 4 is 17.5 Å². The Labute approximate surface area is 163 Å². The Morgan fingerprint density at radius 1 is 1.26 bits per heavy atom. The fraction of sp³-hybridized carbons (Fsp3) is 0.500. The van der Waals surface area contributed by atoms with Gasteiger partial charge in [-0.2, -0.15) is 5.26 Å². The molecule has 1 N–H and O–H groups in total. The SMILES string of the molecule is N#CC1(n2cc(C(NC(=O)c3ccc(Cl)cc3)C3CCCCC3)nn2)CC1. The second kappa shape index (κ2) is 7.32. The summed E-state index contributed by atoms with van der Waals surface area (Å²) in [5.41, 5.74) is 0.775. The van der Waals surface area contributed by atoms with E-state index in [1.54, 1.807) is 28.9 Å². The molecule has 2 aromatic rings. The number of hydrogen-bond acceptors (Lipinski definition) is 4. The minimum absolute atomic E-state index is 0.141. The van der Waals surface area contributed by atoms with Gasteiger partial charge in [0.1, 0.15) is 5.69 Å². The lowest BCUT2D eigenvalue weighted by Crippen LogP contribution is -2.34. The van der Waals surface area contributed by atoms with E-state index >= 15 is 0 Å². The topological polar surface area (TPSA) is 83.6 Å². The average Bonchev–Trinajstić information content (AvgIpc) is 3.36. The van der Waals surface area contributed by atoms with Crippen LogP contribution in [0.15, 0.2) is 30.5 Å². The van der Waals surface area contributed by atoms with Crippen LogP contribution in [0.1, 0.15) is 67.0 Å². The van der Waals surface area contributed by atoms with E-state index in [1.165, 1.54) is 6.42 Å². The summed E-state index contributed by atoms with van der Waals surface area (Å²) in [7, 11) is 0. The van der Waals surface area contributed by atoms with Crippen LogP contribution in [-0.2, 0) is 5.54 Å². The lowest BCUT2D eigenvalue weighted by molar-refractivity contribution is 0.0911. The summed E-state index contributed by atoms with van der Waals surface area (Å²) >= 11 is 5.93. The van der Waals surface area contributed by atoms with Crippen molar-refractivity contribution < 1.29 is 4.79 Å². The van der Waals surface area contributed by atoms with Gasteiger partial charge in [-0.05, 0) is 55.9 Å². The highest BCUT2D eigenvalue weighted by atomic mass is 35.5. The third kappa shape index (κ3) is 3.70. The molecule has 0 radical (unpaired) electrons. The fourth-order valence-electron chi connectivity index (χ4n) is 3.87. The van der Waals surface area contributed by atoms with Crippen LogP contribution in [-0.4, -0.2) is 20.9 Å². The maximum absolute atomic E-state index is 12.8. The number of benzene rings is 1. The third-order valence-corrected chi connectivity index (χ3v) is 5.97. The lowest BCUT2D eigenvalue weighted by Gasteiger charge is -2.29. The van der Waals surface area contributed by atoms with Gasteiger partial charge < -0.3 is 5.32 Å². The van der Waals surface area contributed by atoms with Crippen molar-refractivity contribution in [3.63, 3.8) is 0 Å². The van der Waals surface area contributed by atoms with Crippen LogP contribution in [0, 0.1) is 17.2 Å². The predicted molar refractivity (Wildman–Crippen MR) is 101 cm³/mol. The Balaban J connectivity index is 1.58. The molecule has 1 aromatic heterocycles. The van der Waals surface area contributed by atoms with E-state index in [-0.39, 0.29) is 11.9 Å². The number of nitriles is 1. The zero-order chi connectivity index (χ0) is 18.9. The largest absolute Gasteiger partial charge is 0.343 e. The number of carbonyl (C=O) groups is 1. The van der Waals surface area contributed by atoms with Crippen molar-refractivity contribution in [2.24, 2.45) is 5.92 Å². The number of halogens is 1. The molecule has 4 rings (SSSR count). The summed E-state index contributed by atoms with van der Waals surface area (Å²) in [5, 5.41) is 21.7. The van der Waals surface area contributed by atoms with E-state index in [4.69, 9.17) is 11.6 Å². The third-order valence-electron chi connectivity index (χ3n) is 5.71. The normalized spacial score (nSPS) is 19.9. The first-order valence-corrected chi connectivity index (χ1v) is 9.89. The highest BCUT2D eigenvalue weighted by Crippen LogP contribution is 2.43. The fourth-order valence-corrected chi connectivity index (χ4v) is 3.99. The Kier molecular flexibility index (Phi) is 4.88. The van der Waals surface area contributed by atoms with Gasteiger partial charge in [-0.25, -0.2) is 4.68 Å². The molecule has 2 saturated carbocycles. The summed E-state index contributed by atoms with van der Waals surface area (Å²) in [6.45, 7) is 0. The molecule has 1 heterocycles. The molecule has 1 aromatic carbocycles. The van der Waals surface area contributed by atoms with Crippen LogP contribution in [0.5, 0.6) is 0 Å². The van der Waals surface area contributed by atoms with E-state index in [0.29, 0.717) is 16.5 Å². The monoisotopic (exact) mass is 383 g/mol. The smallest absolute Gasteiger partial charge is 0.251 e. The average molecular weight is 384 g/mol. The summed E-state index contributed by atoms with van der Waals surface area (Å²) < 4.78 is 1.67. The van der Waals surface area contributed by atoms with E-state index in [2.05, 4.69) is 21.7 Å². The van der Waals surface area contributed by atoms with Gasteiger partial charge in [-0.15, -0.1) is 5.10 Å². The second-order valence-corrected chi connectivity index (χ2v) is 8.02. The number of nitrogens with zero attached hydrogens (tertiary/aromatic N) is 4. The van der Waals surface area contributed by atoms with Gasteiger partial charge in [-0.3, -0.25) is 4.79 Å². The van der Waals surface area contributed by atoms with Crippen molar-refractivity contribution in [3.05, 3.63) is 46.7 Å². The van der Waals surface area contributed by atoms with Gasteiger partial charge in [0.15, 0.2) is 5.54 Å². The summed E-state index contributed by atoms with van der Waals surface area (Å²) in [5.74, 6) is 0.190. The van der Waals surface area contributed by atoms with E-state index < -0.39 is 5.54 Å². The van der Waals surface area contributed by atoms with Crippen molar-refractivity contribution in [3.8, 4) is 6.07 Å². The van der Waals surface area contributed by atoms with E-state index in [0.717, 1.165) is 44.2 Å². The first-order chi connectivity index (χ1) is 13.1. The number of nitrogens with one attached hydrogen (secondary N) is 1. The first kappa shape index (κ1) is 18.0. The first-order valence-electron chi connectivity index (χ1n) is 9.52. The van der Waals surface area contributed by atoms with Crippen LogP contribution < -0.4 is 5.32 Å². The molecule has 0 spiro atoms. The van der Waals surface area contributed by atoms with Crippen LogP contribution >= 0.6 is 11.6 Å². The van der Waals surface area contributed by atoms with Crippen LogP contribution in [0.3, 0.4) is 0 Å².